The number of para-hydroxylation sites is 1. The highest BCUT2D eigenvalue weighted by Gasteiger charge is 2.20. The Kier molecular flexibility index (Phi) is 4.39. The fourth-order valence-corrected chi connectivity index (χ4v) is 3.10. The van der Waals surface area contributed by atoms with E-state index in [0.717, 1.165) is 22.0 Å². The van der Waals surface area contributed by atoms with E-state index in [4.69, 9.17) is 11.6 Å². The number of nitrogens with zero attached hydrogens (tertiary/aromatic N) is 1. The van der Waals surface area contributed by atoms with Crippen molar-refractivity contribution in [2.75, 3.05) is 7.05 Å². The molecule has 0 radical (unpaired) electrons. The monoisotopic (exact) mass is 326 g/mol. The van der Waals surface area contributed by atoms with Gasteiger partial charge in [-0.3, -0.25) is 4.79 Å². The van der Waals surface area contributed by atoms with Crippen molar-refractivity contribution in [3.63, 3.8) is 0 Å². The molecule has 0 saturated heterocycles. The molecule has 1 unspecified atom stereocenters. The van der Waals surface area contributed by atoms with E-state index >= 15 is 0 Å². The molecule has 1 atom stereocenters. The quantitative estimate of drug-likeness (QED) is 0.748. The molecule has 0 spiro atoms. The minimum Gasteiger partial charge on any atom is -0.361 e. The highest BCUT2D eigenvalue weighted by atomic mass is 35.5. The van der Waals surface area contributed by atoms with Crippen LogP contribution < -0.4 is 0 Å². The standard InChI is InChI=1S/C19H19ClN2O/c1-13(15-7-3-5-9-17(15)20)22(2)19(23)11-14-12-21-18-10-6-4-8-16(14)18/h3-10,12-13,21H,11H2,1-2H3. The van der Waals surface area contributed by atoms with E-state index in [1.807, 2.05) is 68.7 Å². The second kappa shape index (κ2) is 6.47. The SMILES string of the molecule is CC(c1ccccc1Cl)N(C)C(=O)Cc1c[nH]c2ccccc12. The minimum atomic E-state index is -0.0681. The van der Waals surface area contributed by atoms with E-state index in [0.29, 0.717) is 11.4 Å². The summed E-state index contributed by atoms with van der Waals surface area (Å²) in [6.07, 6.45) is 2.28. The van der Waals surface area contributed by atoms with Gasteiger partial charge in [0.2, 0.25) is 5.91 Å². The maximum atomic E-state index is 12.6. The first-order chi connectivity index (χ1) is 11.1. The summed E-state index contributed by atoms with van der Waals surface area (Å²) >= 11 is 6.25. The molecule has 1 amide bonds. The molecule has 3 rings (SSSR count). The van der Waals surface area contributed by atoms with E-state index in [-0.39, 0.29) is 11.9 Å². The van der Waals surface area contributed by atoms with Crippen molar-refractivity contribution in [3.8, 4) is 0 Å². The van der Waals surface area contributed by atoms with Gasteiger partial charge in [0.15, 0.2) is 0 Å². The molecule has 0 bridgehead atoms. The van der Waals surface area contributed by atoms with Gasteiger partial charge in [0.25, 0.3) is 0 Å². The molecule has 0 aliphatic rings. The van der Waals surface area contributed by atoms with Gasteiger partial charge in [-0.25, -0.2) is 0 Å². The Bertz CT molecular complexity index is 840. The fourth-order valence-electron chi connectivity index (χ4n) is 2.80. The van der Waals surface area contributed by atoms with Gasteiger partial charge in [-0.05, 0) is 30.2 Å². The van der Waals surface area contributed by atoms with Crippen LogP contribution in [0.1, 0.15) is 24.1 Å². The average molecular weight is 327 g/mol. The van der Waals surface area contributed by atoms with E-state index < -0.39 is 0 Å². The number of hydrogen-bond acceptors (Lipinski definition) is 1. The van der Waals surface area contributed by atoms with Crippen LogP contribution in [-0.4, -0.2) is 22.8 Å². The third kappa shape index (κ3) is 3.10. The molecule has 0 saturated carbocycles. The normalized spacial score (nSPS) is 12.3. The zero-order valence-electron chi connectivity index (χ0n) is 13.2. The highest BCUT2D eigenvalue weighted by Crippen LogP contribution is 2.27. The minimum absolute atomic E-state index is 0.0681. The Morgan fingerprint density at radius 1 is 1.17 bits per heavy atom. The molecular formula is C19H19ClN2O. The summed E-state index contributed by atoms with van der Waals surface area (Å²) in [4.78, 5) is 17.6. The molecule has 3 aromatic rings. The van der Waals surface area contributed by atoms with Crippen LogP contribution in [0.2, 0.25) is 5.02 Å². The van der Waals surface area contributed by atoms with Crippen LogP contribution in [0, 0.1) is 0 Å². The zero-order valence-corrected chi connectivity index (χ0v) is 14.0. The van der Waals surface area contributed by atoms with Crippen LogP contribution in [0.5, 0.6) is 0 Å². The summed E-state index contributed by atoms with van der Waals surface area (Å²) in [7, 11) is 1.82. The smallest absolute Gasteiger partial charge is 0.227 e. The van der Waals surface area contributed by atoms with E-state index in [1.165, 1.54) is 0 Å². The van der Waals surface area contributed by atoms with Gasteiger partial charge in [0, 0.05) is 29.2 Å². The van der Waals surface area contributed by atoms with Crippen LogP contribution in [0.15, 0.2) is 54.7 Å². The maximum Gasteiger partial charge on any atom is 0.227 e. The molecule has 2 aromatic carbocycles. The number of nitrogens with one attached hydrogen (secondary N) is 1. The third-order valence-corrected chi connectivity index (χ3v) is 4.69. The van der Waals surface area contributed by atoms with Gasteiger partial charge in [0.05, 0.1) is 12.5 Å². The number of fused-ring (bicyclic) bond motifs is 1. The van der Waals surface area contributed by atoms with Crippen LogP contribution in [0.25, 0.3) is 10.9 Å². The highest BCUT2D eigenvalue weighted by molar-refractivity contribution is 6.31. The number of benzene rings is 2. The molecule has 118 valence electrons. The Morgan fingerprint density at radius 3 is 2.65 bits per heavy atom. The Balaban J connectivity index is 1.79. The number of hydrogen-bond donors (Lipinski definition) is 1. The van der Waals surface area contributed by atoms with Crippen LogP contribution in [-0.2, 0) is 11.2 Å². The van der Waals surface area contributed by atoms with Crippen LogP contribution >= 0.6 is 11.6 Å². The first-order valence-corrected chi connectivity index (χ1v) is 8.01. The second-order valence-electron chi connectivity index (χ2n) is 5.74. The van der Waals surface area contributed by atoms with Crippen molar-refractivity contribution in [1.82, 2.24) is 9.88 Å². The van der Waals surface area contributed by atoms with Crippen molar-refractivity contribution in [1.29, 1.82) is 0 Å². The number of likely N-dealkylation sites (N-methyl/N-ethyl adjacent to an activating group) is 1. The Hall–Kier alpha value is -2.26. The summed E-state index contributed by atoms with van der Waals surface area (Å²) < 4.78 is 0. The summed E-state index contributed by atoms with van der Waals surface area (Å²) in [6, 6.07) is 15.6. The van der Waals surface area contributed by atoms with Gasteiger partial charge in [-0.2, -0.15) is 0 Å². The molecule has 0 aliphatic heterocycles. The summed E-state index contributed by atoms with van der Waals surface area (Å²) in [5.74, 6) is 0.0715. The summed E-state index contributed by atoms with van der Waals surface area (Å²) in [5.41, 5.74) is 3.03. The van der Waals surface area contributed by atoms with E-state index in [9.17, 15) is 4.79 Å². The van der Waals surface area contributed by atoms with E-state index in [2.05, 4.69) is 4.98 Å². The predicted octanol–water partition coefficient (Wildman–Crippen LogP) is 4.58. The number of rotatable bonds is 4. The van der Waals surface area contributed by atoms with Crippen molar-refractivity contribution in [2.45, 2.75) is 19.4 Å². The molecule has 4 heteroatoms. The summed E-state index contributed by atoms with van der Waals surface area (Å²) in [6.45, 7) is 1.99. The van der Waals surface area contributed by atoms with E-state index in [1.54, 1.807) is 4.90 Å². The lowest BCUT2D eigenvalue weighted by molar-refractivity contribution is -0.131. The predicted molar refractivity (Wildman–Crippen MR) is 94.6 cm³/mol. The van der Waals surface area contributed by atoms with Crippen LogP contribution in [0.3, 0.4) is 0 Å². The number of H-pyrrole nitrogens is 1. The zero-order chi connectivity index (χ0) is 16.4. The number of carbonyl (C=O) groups is 1. The molecule has 1 N–H and O–H groups in total. The van der Waals surface area contributed by atoms with Crippen molar-refractivity contribution in [3.05, 3.63) is 70.9 Å². The van der Waals surface area contributed by atoms with Gasteiger partial charge < -0.3 is 9.88 Å². The lowest BCUT2D eigenvalue weighted by Gasteiger charge is -2.26. The third-order valence-electron chi connectivity index (χ3n) is 4.35. The summed E-state index contributed by atoms with van der Waals surface area (Å²) in [5, 5.41) is 1.78. The van der Waals surface area contributed by atoms with Gasteiger partial charge >= 0.3 is 0 Å². The molecule has 23 heavy (non-hydrogen) atoms. The largest absolute Gasteiger partial charge is 0.361 e. The van der Waals surface area contributed by atoms with Crippen molar-refractivity contribution in [2.24, 2.45) is 0 Å². The van der Waals surface area contributed by atoms with Gasteiger partial charge in [0.1, 0.15) is 0 Å². The first-order valence-electron chi connectivity index (χ1n) is 7.63. The van der Waals surface area contributed by atoms with Crippen LogP contribution in [0.4, 0.5) is 0 Å². The topological polar surface area (TPSA) is 36.1 Å². The number of halogens is 1. The Morgan fingerprint density at radius 2 is 1.87 bits per heavy atom. The number of aromatic amines is 1. The average Bonchev–Trinajstić information content (AvgIpc) is 2.97. The second-order valence-corrected chi connectivity index (χ2v) is 6.15. The number of carbonyl (C=O) groups excluding carboxylic acids is 1. The number of amides is 1. The Labute approximate surface area is 140 Å². The maximum absolute atomic E-state index is 12.6. The van der Waals surface area contributed by atoms with Gasteiger partial charge in [-0.1, -0.05) is 48.0 Å². The molecule has 3 nitrogen and oxygen atoms in total. The molecule has 0 fully saturated rings. The van der Waals surface area contributed by atoms with Gasteiger partial charge in [-0.15, -0.1) is 0 Å². The molecular weight excluding hydrogens is 308 g/mol. The molecule has 1 heterocycles. The first kappa shape index (κ1) is 15.6. The lowest BCUT2D eigenvalue weighted by atomic mass is 10.1. The van der Waals surface area contributed by atoms with Crippen molar-refractivity contribution >= 4 is 28.4 Å². The van der Waals surface area contributed by atoms with Crippen molar-refractivity contribution < 1.29 is 4.79 Å². The molecule has 0 aliphatic carbocycles. The fraction of sp³-hybridized carbons (Fsp3) is 0.211. The lowest BCUT2D eigenvalue weighted by Crippen LogP contribution is -2.31. The molecule has 1 aromatic heterocycles. The number of aromatic nitrogens is 1.